The van der Waals surface area contributed by atoms with Gasteiger partial charge in [-0.15, -0.1) is 11.3 Å². The molecule has 0 saturated heterocycles. The van der Waals surface area contributed by atoms with Gasteiger partial charge in [-0.3, -0.25) is 0 Å². The number of nitrogens with zero attached hydrogens (tertiary/aromatic N) is 1. The van der Waals surface area contributed by atoms with Gasteiger partial charge in [-0.1, -0.05) is 72.8 Å². The van der Waals surface area contributed by atoms with Crippen LogP contribution in [0.15, 0.2) is 79.4 Å². The van der Waals surface area contributed by atoms with Gasteiger partial charge in [-0.05, 0) is 40.5 Å². The average molecular weight is 519 g/mol. The topological polar surface area (TPSA) is 77.5 Å². The predicted octanol–water partition coefficient (Wildman–Crippen LogP) is 6.13. The lowest BCUT2D eigenvalue weighted by Gasteiger charge is -2.18. The first-order valence-corrected chi connectivity index (χ1v) is 12.7. The minimum atomic E-state index is -0.961. The van der Waals surface area contributed by atoms with E-state index in [0.29, 0.717) is 10.0 Å². The van der Waals surface area contributed by atoms with Gasteiger partial charge >= 0.3 is 12.1 Å². The molecule has 0 fully saturated rings. The highest BCUT2D eigenvalue weighted by atomic mass is 35.5. The Morgan fingerprint density at radius 3 is 2.44 bits per heavy atom. The highest BCUT2D eigenvalue weighted by molar-refractivity contribution is 7.18. The maximum Gasteiger partial charge on any atom is 0.407 e. The fourth-order valence-electron chi connectivity index (χ4n) is 4.43. The monoisotopic (exact) mass is 518 g/mol. The summed E-state index contributed by atoms with van der Waals surface area (Å²) in [5.41, 5.74) is 5.29. The van der Waals surface area contributed by atoms with Crippen LogP contribution < -0.4 is 5.32 Å². The Morgan fingerprint density at radius 1 is 1.06 bits per heavy atom. The number of hydrogen-bond donors (Lipinski definition) is 1. The molecule has 0 radical (unpaired) electrons. The molecule has 1 aliphatic rings. The number of aromatic nitrogens is 1. The third kappa shape index (κ3) is 4.98. The van der Waals surface area contributed by atoms with E-state index in [2.05, 4.69) is 41.1 Å². The zero-order chi connectivity index (χ0) is 25.1. The van der Waals surface area contributed by atoms with Gasteiger partial charge < -0.3 is 14.8 Å². The second kappa shape index (κ2) is 10.5. The fourth-order valence-corrected chi connectivity index (χ4v) is 5.71. The van der Waals surface area contributed by atoms with E-state index >= 15 is 0 Å². The zero-order valence-electron chi connectivity index (χ0n) is 19.3. The lowest BCUT2D eigenvalue weighted by atomic mass is 9.98. The van der Waals surface area contributed by atoms with Gasteiger partial charge in [0, 0.05) is 17.4 Å². The highest BCUT2D eigenvalue weighted by Gasteiger charge is 2.30. The fraction of sp³-hybridized carbons (Fsp3) is 0.179. The van der Waals surface area contributed by atoms with Gasteiger partial charge in [0.05, 0.1) is 15.2 Å². The summed E-state index contributed by atoms with van der Waals surface area (Å²) in [7, 11) is 0. The summed E-state index contributed by atoms with van der Waals surface area (Å²) >= 11 is 7.49. The number of ether oxygens (including phenoxy) is 2. The van der Waals surface area contributed by atoms with Crippen molar-refractivity contribution in [1.82, 2.24) is 10.3 Å². The average Bonchev–Trinajstić information content (AvgIpc) is 3.43. The molecular weight excluding hydrogens is 496 g/mol. The maximum atomic E-state index is 12.8. The number of hydrogen-bond acceptors (Lipinski definition) is 6. The minimum absolute atomic E-state index is 0.0388. The summed E-state index contributed by atoms with van der Waals surface area (Å²) < 4.78 is 11.7. The Hall–Kier alpha value is -3.68. The van der Waals surface area contributed by atoms with Crippen molar-refractivity contribution in [2.45, 2.75) is 18.4 Å². The number of thiazole rings is 1. The molecule has 8 heteroatoms. The van der Waals surface area contributed by atoms with Crippen LogP contribution in [0.25, 0.3) is 21.3 Å². The predicted molar refractivity (Wildman–Crippen MR) is 141 cm³/mol. The second-order valence-electron chi connectivity index (χ2n) is 8.36. The third-order valence-electron chi connectivity index (χ3n) is 6.04. The largest absolute Gasteiger partial charge is 0.460 e. The first kappa shape index (κ1) is 24.0. The van der Waals surface area contributed by atoms with Crippen LogP contribution in [0.4, 0.5) is 4.79 Å². The van der Waals surface area contributed by atoms with Crippen LogP contribution in [0.1, 0.15) is 22.1 Å². The molecular formula is C28H23ClN2O4S. The lowest BCUT2D eigenvalue weighted by Crippen LogP contribution is -2.44. The van der Waals surface area contributed by atoms with Crippen LogP contribution in [-0.4, -0.2) is 36.3 Å². The smallest absolute Gasteiger partial charge is 0.407 e. The highest BCUT2D eigenvalue weighted by Crippen LogP contribution is 2.44. The number of fused-ring (bicyclic) bond motifs is 4. The van der Waals surface area contributed by atoms with Crippen LogP contribution >= 0.6 is 22.9 Å². The van der Waals surface area contributed by atoms with Crippen molar-refractivity contribution in [1.29, 1.82) is 0 Å². The van der Waals surface area contributed by atoms with Crippen molar-refractivity contribution in [3.8, 4) is 11.1 Å². The molecule has 0 bridgehead atoms. The molecule has 1 N–H and O–H groups in total. The molecule has 1 unspecified atom stereocenters. The number of benzene rings is 3. The number of nitrogens with one attached hydrogen (secondary N) is 1. The molecule has 36 heavy (non-hydrogen) atoms. The first-order chi connectivity index (χ1) is 17.5. The van der Waals surface area contributed by atoms with Gasteiger partial charge in [0.25, 0.3) is 0 Å². The molecule has 1 atom stereocenters. The van der Waals surface area contributed by atoms with E-state index in [4.69, 9.17) is 21.1 Å². The van der Waals surface area contributed by atoms with E-state index in [0.717, 1.165) is 32.5 Å². The maximum absolute atomic E-state index is 12.8. The molecule has 1 aromatic heterocycles. The molecule has 1 heterocycles. The minimum Gasteiger partial charge on any atom is -0.460 e. The third-order valence-corrected chi connectivity index (χ3v) is 7.31. The van der Waals surface area contributed by atoms with Crippen LogP contribution in [0.3, 0.4) is 0 Å². The lowest BCUT2D eigenvalue weighted by molar-refractivity contribution is -0.144. The molecule has 1 amide bonds. The molecule has 182 valence electrons. The van der Waals surface area contributed by atoms with Crippen molar-refractivity contribution < 1.29 is 19.1 Å². The van der Waals surface area contributed by atoms with Gasteiger partial charge in [0.15, 0.2) is 0 Å². The number of halogens is 1. The molecule has 3 aromatic carbocycles. The van der Waals surface area contributed by atoms with E-state index < -0.39 is 18.1 Å². The Morgan fingerprint density at radius 2 is 1.75 bits per heavy atom. The number of alkyl carbamates (subject to hydrolysis) is 1. The van der Waals surface area contributed by atoms with E-state index in [1.54, 1.807) is 6.07 Å². The van der Waals surface area contributed by atoms with Crippen LogP contribution in [-0.2, 0) is 20.7 Å². The molecule has 4 aromatic rings. The SMILES string of the molecule is C=CCOC(=O)C(Cc1nc2ccc(Cl)cc2s1)NC(=O)OCC1c2ccccc2-c2ccccc21. The Labute approximate surface area is 217 Å². The number of carbonyl (C=O) groups is 2. The van der Waals surface area contributed by atoms with Crippen molar-refractivity contribution in [3.63, 3.8) is 0 Å². The van der Waals surface area contributed by atoms with Crippen molar-refractivity contribution in [2.75, 3.05) is 13.2 Å². The molecule has 6 nitrogen and oxygen atoms in total. The molecule has 0 spiro atoms. The second-order valence-corrected chi connectivity index (χ2v) is 9.92. The molecule has 0 aliphatic heterocycles. The molecule has 5 rings (SSSR count). The van der Waals surface area contributed by atoms with Crippen molar-refractivity contribution in [3.05, 3.63) is 101 Å². The van der Waals surface area contributed by atoms with Gasteiger partial charge in [0.1, 0.15) is 19.3 Å². The van der Waals surface area contributed by atoms with Gasteiger partial charge in [-0.25, -0.2) is 14.6 Å². The van der Waals surface area contributed by atoms with Crippen molar-refractivity contribution >= 4 is 45.2 Å². The number of esters is 1. The van der Waals surface area contributed by atoms with Crippen LogP contribution in [0, 0.1) is 0 Å². The Balaban J connectivity index is 1.30. The summed E-state index contributed by atoms with van der Waals surface area (Å²) in [4.78, 5) is 30.1. The van der Waals surface area contributed by atoms with E-state index in [9.17, 15) is 9.59 Å². The Bertz CT molecular complexity index is 1410. The van der Waals surface area contributed by atoms with Gasteiger partial charge in [-0.2, -0.15) is 0 Å². The summed E-state index contributed by atoms with van der Waals surface area (Å²) in [6.07, 6.45) is 0.945. The number of rotatable bonds is 8. The Kier molecular flexibility index (Phi) is 7.02. The quantitative estimate of drug-likeness (QED) is 0.224. The van der Waals surface area contributed by atoms with Crippen LogP contribution in [0.5, 0.6) is 0 Å². The zero-order valence-corrected chi connectivity index (χ0v) is 20.9. The van der Waals surface area contributed by atoms with E-state index in [1.165, 1.54) is 17.4 Å². The molecule has 1 aliphatic carbocycles. The summed E-state index contributed by atoms with van der Waals surface area (Å²) in [6.45, 7) is 3.76. The van der Waals surface area contributed by atoms with Crippen molar-refractivity contribution in [2.24, 2.45) is 0 Å². The number of amides is 1. The summed E-state index contributed by atoms with van der Waals surface area (Å²) in [5, 5.41) is 3.95. The number of carbonyl (C=O) groups excluding carboxylic acids is 2. The van der Waals surface area contributed by atoms with Gasteiger partial charge in [0.2, 0.25) is 0 Å². The van der Waals surface area contributed by atoms with E-state index in [1.807, 2.05) is 36.4 Å². The normalized spacial score (nSPS) is 13.0. The summed E-state index contributed by atoms with van der Waals surface area (Å²) in [5.74, 6) is -0.663. The van der Waals surface area contributed by atoms with E-state index in [-0.39, 0.29) is 25.6 Å². The standard InChI is InChI=1S/C28H23ClN2O4S/c1-2-13-34-27(32)24(15-26-30-23-12-11-17(29)14-25(23)36-26)31-28(33)35-16-22-20-9-5-3-7-18(20)19-8-4-6-10-21(19)22/h2-12,14,22,24H,1,13,15-16H2,(H,31,33). The molecule has 0 saturated carbocycles. The first-order valence-electron chi connectivity index (χ1n) is 11.5. The van der Waals surface area contributed by atoms with Crippen LogP contribution in [0.2, 0.25) is 5.02 Å². The summed E-state index contributed by atoms with van der Waals surface area (Å²) in [6, 6.07) is 20.7.